The van der Waals surface area contributed by atoms with E-state index in [-0.39, 0.29) is 0 Å². The molecule has 0 aliphatic heterocycles. The van der Waals surface area contributed by atoms with Crippen LogP contribution < -0.4 is 0 Å². The van der Waals surface area contributed by atoms with Gasteiger partial charge in [-0.15, -0.1) is 0 Å². The van der Waals surface area contributed by atoms with Gasteiger partial charge in [-0.25, -0.2) is 9.97 Å². The fraction of sp³-hybridized carbons (Fsp3) is 0.333. The van der Waals surface area contributed by atoms with E-state index in [9.17, 15) is 0 Å². The minimum Gasteiger partial charge on any atom is -0.335 e. The van der Waals surface area contributed by atoms with Crippen molar-refractivity contribution in [3.63, 3.8) is 0 Å². The molecule has 0 unspecified atom stereocenters. The van der Waals surface area contributed by atoms with Crippen LogP contribution in [0, 0.1) is 13.8 Å². The van der Waals surface area contributed by atoms with E-state index >= 15 is 0 Å². The molecule has 0 fully saturated rings. The molecule has 0 spiro atoms. The van der Waals surface area contributed by atoms with E-state index in [2.05, 4.69) is 23.1 Å². The third-order valence-electron chi connectivity index (χ3n) is 2.13. The van der Waals surface area contributed by atoms with Crippen LogP contribution in [0.15, 0.2) is 12.5 Å². The number of aromatic nitrogens is 3. The van der Waals surface area contributed by atoms with Crippen LogP contribution in [0.2, 0.25) is 0 Å². The van der Waals surface area contributed by atoms with Crippen LogP contribution in [-0.2, 0) is 7.05 Å². The van der Waals surface area contributed by atoms with Gasteiger partial charge in [0.25, 0.3) is 0 Å². The zero-order valence-corrected chi connectivity index (χ0v) is 7.50. The minimum atomic E-state index is 1.01. The first-order chi connectivity index (χ1) is 5.70. The van der Waals surface area contributed by atoms with Gasteiger partial charge >= 0.3 is 0 Å². The molecule has 0 aliphatic rings. The molecule has 0 saturated carbocycles. The molecule has 0 aromatic carbocycles. The molecule has 0 atom stereocenters. The van der Waals surface area contributed by atoms with E-state index in [1.807, 2.05) is 18.5 Å². The summed E-state index contributed by atoms with van der Waals surface area (Å²) in [6.07, 6.45) is 3.68. The van der Waals surface area contributed by atoms with Gasteiger partial charge in [-0.3, -0.25) is 0 Å². The standard InChI is InChI=1S/C9H11N3/c1-6-4-12(3)9-8(6)7(2)10-5-11-9/h4-5H,1-3H3. The minimum absolute atomic E-state index is 1.01. The van der Waals surface area contributed by atoms with Crippen molar-refractivity contribution in [3.05, 3.63) is 23.8 Å². The molecule has 3 heteroatoms. The van der Waals surface area contributed by atoms with Gasteiger partial charge in [0.2, 0.25) is 0 Å². The number of hydrogen-bond donors (Lipinski definition) is 0. The van der Waals surface area contributed by atoms with Crippen molar-refractivity contribution in [3.8, 4) is 0 Å². The molecule has 2 aromatic heterocycles. The van der Waals surface area contributed by atoms with E-state index in [0.29, 0.717) is 0 Å². The van der Waals surface area contributed by atoms with E-state index in [0.717, 1.165) is 11.3 Å². The lowest BCUT2D eigenvalue weighted by Gasteiger charge is -1.95. The van der Waals surface area contributed by atoms with Crippen LogP contribution in [0.25, 0.3) is 11.0 Å². The smallest absolute Gasteiger partial charge is 0.143 e. The van der Waals surface area contributed by atoms with Crippen molar-refractivity contribution in [1.29, 1.82) is 0 Å². The number of hydrogen-bond acceptors (Lipinski definition) is 2. The first-order valence-corrected chi connectivity index (χ1v) is 3.93. The second kappa shape index (κ2) is 2.30. The van der Waals surface area contributed by atoms with Crippen molar-refractivity contribution in [2.45, 2.75) is 13.8 Å². The summed E-state index contributed by atoms with van der Waals surface area (Å²) in [7, 11) is 2.00. The lowest BCUT2D eigenvalue weighted by atomic mass is 10.2. The fourth-order valence-corrected chi connectivity index (χ4v) is 1.61. The Kier molecular flexibility index (Phi) is 1.40. The van der Waals surface area contributed by atoms with Crippen molar-refractivity contribution in [2.75, 3.05) is 0 Å². The molecule has 2 rings (SSSR count). The lowest BCUT2D eigenvalue weighted by Crippen LogP contribution is -1.90. The largest absolute Gasteiger partial charge is 0.335 e. The number of rotatable bonds is 0. The van der Waals surface area contributed by atoms with Gasteiger partial charge in [0.15, 0.2) is 0 Å². The molecule has 0 bridgehead atoms. The zero-order chi connectivity index (χ0) is 8.72. The Morgan fingerprint density at radius 1 is 1.25 bits per heavy atom. The van der Waals surface area contributed by atoms with Gasteiger partial charge in [-0.1, -0.05) is 0 Å². The van der Waals surface area contributed by atoms with Crippen LogP contribution in [0.4, 0.5) is 0 Å². The zero-order valence-electron chi connectivity index (χ0n) is 7.50. The predicted molar refractivity (Wildman–Crippen MR) is 48.0 cm³/mol. The maximum absolute atomic E-state index is 4.21. The molecule has 12 heavy (non-hydrogen) atoms. The van der Waals surface area contributed by atoms with Crippen LogP contribution in [-0.4, -0.2) is 14.5 Å². The Morgan fingerprint density at radius 3 is 2.67 bits per heavy atom. The van der Waals surface area contributed by atoms with Crippen molar-refractivity contribution in [2.24, 2.45) is 7.05 Å². The molecular weight excluding hydrogens is 150 g/mol. The number of fused-ring (bicyclic) bond motifs is 1. The summed E-state index contributed by atoms with van der Waals surface area (Å²) >= 11 is 0. The van der Waals surface area contributed by atoms with Crippen LogP contribution >= 0.6 is 0 Å². The Morgan fingerprint density at radius 2 is 2.00 bits per heavy atom. The maximum Gasteiger partial charge on any atom is 0.143 e. The molecule has 62 valence electrons. The lowest BCUT2D eigenvalue weighted by molar-refractivity contribution is 0.938. The Labute approximate surface area is 71.1 Å². The quantitative estimate of drug-likeness (QED) is 0.587. The number of nitrogens with zero attached hydrogens (tertiary/aromatic N) is 3. The summed E-state index contributed by atoms with van der Waals surface area (Å²) in [6, 6.07) is 0. The summed E-state index contributed by atoms with van der Waals surface area (Å²) in [5.74, 6) is 0. The average Bonchev–Trinajstić information content (AvgIpc) is 2.29. The monoisotopic (exact) mass is 161 g/mol. The van der Waals surface area contributed by atoms with Crippen LogP contribution in [0.1, 0.15) is 11.3 Å². The summed E-state index contributed by atoms with van der Waals surface area (Å²) in [5, 5.41) is 1.18. The predicted octanol–water partition coefficient (Wildman–Crippen LogP) is 1.59. The third kappa shape index (κ3) is 0.826. The molecule has 0 aliphatic carbocycles. The highest BCUT2D eigenvalue weighted by atomic mass is 15.0. The Bertz CT molecular complexity index is 429. The van der Waals surface area contributed by atoms with Crippen LogP contribution in [0.5, 0.6) is 0 Å². The SMILES string of the molecule is Cc1cn(C)c2ncnc(C)c12. The highest BCUT2D eigenvalue weighted by Crippen LogP contribution is 2.19. The van der Waals surface area contributed by atoms with Crippen molar-refractivity contribution >= 4 is 11.0 Å². The van der Waals surface area contributed by atoms with Gasteiger partial charge in [-0.2, -0.15) is 0 Å². The van der Waals surface area contributed by atoms with E-state index in [1.54, 1.807) is 6.33 Å². The highest BCUT2D eigenvalue weighted by molar-refractivity contribution is 5.82. The van der Waals surface area contributed by atoms with Crippen molar-refractivity contribution < 1.29 is 0 Å². The molecule has 0 radical (unpaired) electrons. The van der Waals surface area contributed by atoms with E-state index in [1.165, 1.54) is 10.9 Å². The van der Waals surface area contributed by atoms with Gasteiger partial charge in [0.05, 0.1) is 5.69 Å². The topological polar surface area (TPSA) is 30.7 Å². The van der Waals surface area contributed by atoms with Gasteiger partial charge in [-0.05, 0) is 19.4 Å². The second-order valence-corrected chi connectivity index (χ2v) is 3.08. The molecule has 0 amide bonds. The molecule has 0 N–H and O–H groups in total. The number of aryl methyl sites for hydroxylation is 3. The van der Waals surface area contributed by atoms with Crippen LogP contribution in [0.3, 0.4) is 0 Å². The molecule has 2 heterocycles. The normalized spacial score (nSPS) is 10.9. The maximum atomic E-state index is 4.21. The second-order valence-electron chi connectivity index (χ2n) is 3.08. The summed E-state index contributed by atoms with van der Waals surface area (Å²) in [4.78, 5) is 8.37. The van der Waals surface area contributed by atoms with Crippen molar-refractivity contribution in [1.82, 2.24) is 14.5 Å². The van der Waals surface area contributed by atoms with Gasteiger partial charge in [0, 0.05) is 18.6 Å². The highest BCUT2D eigenvalue weighted by Gasteiger charge is 2.06. The summed E-state index contributed by atoms with van der Waals surface area (Å²) in [6.45, 7) is 4.09. The average molecular weight is 161 g/mol. The van der Waals surface area contributed by atoms with Gasteiger partial charge < -0.3 is 4.57 Å². The van der Waals surface area contributed by atoms with E-state index < -0.39 is 0 Å². The Hall–Kier alpha value is -1.38. The molecular formula is C9H11N3. The van der Waals surface area contributed by atoms with E-state index in [4.69, 9.17) is 0 Å². The first kappa shape index (κ1) is 7.28. The fourth-order valence-electron chi connectivity index (χ4n) is 1.61. The summed E-state index contributed by atoms with van der Waals surface area (Å²) < 4.78 is 2.03. The van der Waals surface area contributed by atoms with Gasteiger partial charge in [0.1, 0.15) is 12.0 Å². The third-order valence-corrected chi connectivity index (χ3v) is 2.13. The molecule has 0 saturated heterocycles. The molecule has 2 aromatic rings. The Balaban J connectivity index is 2.99. The molecule has 3 nitrogen and oxygen atoms in total. The first-order valence-electron chi connectivity index (χ1n) is 3.93. The summed E-state index contributed by atoms with van der Waals surface area (Å²) in [5.41, 5.74) is 3.31.